The third-order valence-electron chi connectivity index (χ3n) is 3.36. The summed E-state index contributed by atoms with van der Waals surface area (Å²) >= 11 is 0. The molecule has 130 valence electrons. The molecule has 0 spiro atoms. The number of nitrogens with zero attached hydrogens (tertiary/aromatic N) is 1. The van der Waals surface area contributed by atoms with Gasteiger partial charge in [-0.25, -0.2) is 0 Å². The molecular weight excluding hydrogens is 326 g/mol. The van der Waals surface area contributed by atoms with Crippen LogP contribution in [0.5, 0.6) is 5.75 Å². The number of aryl methyl sites for hydroxylation is 2. The first kappa shape index (κ1) is 17.9. The fourth-order valence-corrected chi connectivity index (χ4v) is 2.06. The molecule has 0 aliphatic carbocycles. The topological polar surface area (TPSA) is 111 Å². The second-order valence-corrected chi connectivity index (χ2v) is 5.33. The van der Waals surface area contributed by atoms with E-state index in [4.69, 9.17) is 4.74 Å². The Morgan fingerprint density at radius 3 is 2.56 bits per heavy atom. The number of ether oxygens (including phenoxy) is 1. The van der Waals surface area contributed by atoms with Crippen LogP contribution < -0.4 is 15.6 Å². The van der Waals surface area contributed by atoms with Gasteiger partial charge in [0, 0.05) is 6.07 Å². The van der Waals surface area contributed by atoms with Crippen molar-refractivity contribution < 1.29 is 19.2 Å². The van der Waals surface area contributed by atoms with Crippen molar-refractivity contribution in [1.82, 2.24) is 10.9 Å². The molecule has 0 bridgehead atoms. The highest BCUT2D eigenvalue weighted by Gasteiger charge is 2.19. The second kappa shape index (κ2) is 7.91. The maximum atomic E-state index is 12.0. The molecule has 0 fully saturated rings. The number of benzene rings is 2. The largest absolute Gasteiger partial charge is 0.483 e. The molecule has 2 aromatic rings. The lowest BCUT2D eigenvalue weighted by molar-refractivity contribution is -0.385. The summed E-state index contributed by atoms with van der Waals surface area (Å²) in [5.74, 6) is -0.805. The molecule has 0 aromatic heterocycles. The summed E-state index contributed by atoms with van der Waals surface area (Å²) in [5.41, 5.74) is 5.67. The summed E-state index contributed by atoms with van der Waals surface area (Å²) in [6.07, 6.45) is 0. The number of hydrogen-bond acceptors (Lipinski definition) is 5. The Hall–Kier alpha value is -3.42. The van der Waals surface area contributed by atoms with Crippen molar-refractivity contribution in [2.45, 2.75) is 13.8 Å². The van der Waals surface area contributed by atoms with Crippen LogP contribution >= 0.6 is 0 Å². The van der Waals surface area contributed by atoms with Gasteiger partial charge < -0.3 is 4.74 Å². The molecule has 0 aliphatic heterocycles. The van der Waals surface area contributed by atoms with Crippen molar-refractivity contribution in [2.75, 3.05) is 6.61 Å². The van der Waals surface area contributed by atoms with Crippen LogP contribution in [0.4, 0.5) is 5.69 Å². The molecular formula is C17H17N3O5. The molecule has 2 N–H and O–H groups in total. The minimum atomic E-state index is -0.785. The first-order chi connectivity index (χ1) is 11.9. The van der Waals surface area contributed by atoms with Gasteiger partial charge in [-0.1, -0.05) is 24.3 Å². The van der Waals surface area contributed by atoms with E-state index in [9.17, 15) is 19.7 Å². The highest BCUT2D eigenvalue weighted by atomic mass is 16.6. The number of carbonyl (C=O) groups excluding carboxylic acids is 2. The average molecular weight is 343 g/mol. The van der Waals surface area contributed by atoms with Crippen LogP contribution in [-0.4, -0.2) is 23.3 Å². The van der Waals surface area contributed by atoms with E-state index in [0.717, 1.165) is 11.1 Å². The average Bonchev–Trinajstić information content (AvgIpc) is 2.60. The third-order valence-corrected chi connectivity index (χ3v) is 3.36. The summed E-state index contributed by atoms with van der Waals surface area (Å²) in [5, 5.41) is 10.9. The first-order valence-corrected chi connectivity index (χ1v) is 7.41. The molecule has 0 saturated carbocycles. The molecule has 0 saturated heterocycles. The highest BCUT2D eigenvalue weighted by molar-refractivity contribution is 5.99. The number of rotatable bonds is 5. The van der Waals surface area contributed by atoms with Gasteiger partial charge in [0.2, 0.25) is 0 Å². The van der Waals surface area contributed by atoms with E-state index < -0.39 is 16.7 Å². The molecule has 8 nitrogen and oxygen atoms in total. The maximum absolute atomic E-state index is 12.0. The molecule has 2 amide bonds. The third kappa shape index (κ3) is 4.77. The summed E-state index contributed by atoms with van der Waals surface area (Å²) in [7, 11) is 0. The Kier molecular flexibility index (Phi) is 5.67. The predicted octanol–water partition coefficient (Wildman–Crippen LogP) is 2.05. The zero-order chi connectivity index (χ0) is 18.4. The highest BCUT2D eigenvalue weighted by Crippen LogP contribution is 2.19. The number of nitro benzene ring substituents is 1. The second-order valence-electron chi connectivity index (χ2n) is 5.33. The van der Waals surface area contributed by atoms with Gasteiger partial charge >= 0.3 is 0 Å². The van der Waals surface area contributed by atoms with Crippen LogP contribution in [-0.2, 0) is 4.79 Å². The Labute approximate surface area is 143 Å². The monoisotopic (exact) mass is 343 g/mol. The number of amides is 2. The van der Waals surface area contributed by atoms with Crippen molar-refractivity contribution in [3.63, 3.8) is 0 Å². The van der Waals surface area contributed by atoms with Crippen molar-refractivity contribution >= 4 is 17.5 Å². The normalized spacial score (nSPS) is 10.0. The Balaban J connectivity index is 1.91. The van der Waals surface area contributed by atoms with Crippen molar-refractivity contribution in [2.24, 2.45) is 0 Å². The number of carbonyl (C=O) groups is 2. The van der Waals surface area contributed by atoms with E-state index in [1.54, 1.807) is 6.07 Å². The molecule has 2 rings (SSSR count). The van der Waals surface area contributed by atoms with E-state index in [-0.39, 0.29) is 17.9 Å². The van der Waals surface area contributed by atoms with Crippen LogP contribution in [0, 0.1) is 24.0 Å². The molecule has 0 heterocycles. The standard InChI is InChI=1S/C17H17N3O5/c1-11-7-8-12(2)15(9-11)25-10-16(21)18-19-17(22)13-5-3-4-6-14(13)20(23)24/h3-9H,10H2,1-2H3,(H,18,21)(H,19,22). The van der Waals surface area contributed by atoms with Crippen molar-refractivity contribution in [3.8, 4) is 5.75 Å². The number of hydrazine groups is 1. The minimum Gasteiger partial charge on any atom is -0.483 e. The van der Waals surface area contributed by atoms with E-state index >= 15 is 0 Å². The lowest BCUT2D eigenvalue weighted by Gasteiger charge is -2.11. The van der Waals surface area contributed by atoms with E-state index in [0.29, 0.717) is 5.75 Å². The van der Waals surface area contributed by atoms with Crippen LogP contribution in [0.25, 0.3) is 0 Å². The summed E-state index contributed by atoms with van der Waals surface area (Å²) in [6, 6.07) is 11.0. The van der Waals surface area contributed by atoms with E-state index in [1.165, 1.54) is 24.3 Å². The smallest absolute Gasteiger partial charge is 0.282 e. The van der Waals surface area contributed by atoms with E-state index in [2.05, 4.69) is 10.9 Å². The number of nitrogens with one attached hydrogen (secondary N) is 2. The van der Waals surface area contributed by atoms with Gasteiger partial charge in [-0.05, 0) is 37.1 Å². The number of para-hydroxylation sites is 1. The van der Waals surface area contributed by atoms with Crippen LogP contribution in [0.3, 0.4) is 0 Å². The number of hydrogen-bond donors (Lipinski definition) is 2. The lowest BCUT2D eigenvalue weighted by Crippen LogP contribution is -2.44. The molecule has 0 aliphatic rings. The minimum absolute atomic E-state index is 0.150. The molecule has 25 heavy (non-hydrogen) atoms. The summed E-state index contributed by atoms with van der Waals surface area (Å²) in [6.45, 7) is 3.45. The van der Waals surface area contributed by atoms with Gasteiger partial charge in [0.1, 0.15) is 11.3 Å². The molecule has 2 aromatic carbocycles. The molecule has 0 unspecified atom stereocenters. The SMILES string of the molecule is Cc1ccc(C)c(OCC(=O)NNC(=O)c2ccccc2[N+](=O)[O-])c1. The fraction of sp³-hybridized carbons (Fsp3) is 0.176. The quantitative estimate of drug-likeness (QED) is 0.638. The lowest BCUT2D eigenvalue weighted by atomic mass is 10.1. The van der Waals surface area contributed by atoms with Crippen LogP contribution in [0.2, 0.25) is 0 Å². The Morgan fingerprint density at radius 1 is 1.12 bits per heavy atom. The van der Waals surface area contributed by atoms with Crippen LogP contribution in [0.15, 0.2) is 42.5 Å². The zero-order valence-electron chi connectivity index (χ0n) is 13.7. The van der Waals surface area contributed by atoms with Gasteiger partial charge in [0.15, 0.2) is 6.61 Å². The van der Waals surface area contributed by atoms with Crippen molar-refractivity contribution in [3.05, 3.63) is 69.3 Å². The maximum Gasteiger partial charge on any atom is 0.282 e. The molecule has 0 radical (unpaired) electrons. The van der Waals surface area contributed by atoms with Gasteiger partial charge in [-0.3, -0.25) is 30.6 Å². The molecule has 8 heteroatoms. The van der Waals surface area contributed by atoms with Crippen LogP contribution in [0.1, 0.15) is 21.5 Å². The van der Waals surface area contributed by atoms with Gasteiger partial charge in [0.05, 0.1) is 4.92 Å². The predicted molar refractivity (Wildman–Crippen MR) is 90.1 cm³/mol. The number of nitro groups is 1. The Bertz CT molecular complexity index is 820. The van der Waals surface area contributed by atoms with Gasteiger partial charge in [-0.2, -0.15) is 0 Å². The van der Waals surface area contributed by atoms with Crippen molar-refractivity contribution in [1.29, 1.82) is 0 Å². The first-order valence-electron chi connectivity index (χ1n) is 7.41. The zero-order valence-corrected chi connectivity index (χ0v) is 13.7. The molecule has 0 atom stereocenters. The summed E-state index contributed by atoms with van der Waals surface area (Å²) < 4.78 is 5.41. The van der Waals surface area contributed by atoms with Gasteiger partial charge in [0.25, 0.3) is 17.5 Å². The van der Waals surface area contributed by atoms with Gasteiger partial charge in [-0.15, -0.1) is 0 Å². The Morgan fingerprint density at radius 2 is 1.84 bits per heavy atom. The summed E-state index contributed by atoms with van der Waals surface area (Å²) in [4.78, 5) is 34.0. The van der Waals surface area contributed by atoms with E-state index in [1.807, 2.05) is 26.0 Å². The fourth-order valence-electron chi connectivity index (χ4n) is 2.06.